The molecule has 1 aliphatic rings. The van der Waals surface area contributed by atoms with E-state index in [1.807, 2.05) is 32.9 Å². The first-order chi connectivity index (χ1) is 7.88. The standard InChI is InChI=1S/C14H18O3/c1-8-6-10(3)11(7-9(8)2)12(15)14(4-5-14)13(16)17/h6-7,12,15H,4-5H2,1-3H3,(H,16,17). The van der Waals surface area contributed by atoms with Crippen molar-refractivity contribution in [3.05, 3.63) is 34.4 Å². The number of aliphatic carboxylic acids is 1. The molecule has 1 aromatic rings. The molecule has 3 nitrogen and oxygen atoms in total. The highest BCUT2D eigenvalue weighted by Crippen LogP contribution is 2.55. The van der Waals surface area contributed by atoms with Gasteiger partial charge in [0.15, 0.2) is 0 Å². The number of carboxylic acid groups (broad SMARTS) is 1. The molecule has 1 unspecified atom stereocenters. The number of carboxylic acids is 1. The molecule has 0 saturated heterocycles. The van der Waals surface area contributed by atoms with Crippen LogP contribution in [0.1, 0.15) is 41.2 Å². The van der Waals surface area contributed by atoms with Gasteiger partial charge in [-0.05, 0) is 55.9 Å². The maximum Gasteiger partial charge on any atom is 0.312 e. The van der Waals surface area contributed by atoms with Crippen molar-refractivity contribution < 1.29 is 15.0 Å². The molecule has 2 N–H and O–H groups in total. The Labute approximate surface area is 101 Å². The van der Waals surface area contributed by atoms with Gasteiger partial charge in [0, 0.05) is 0 Å². The number of rotatable bonds is 3. The summed E-state index contributed by atoms with van der Waals surface area (Å²) < 4.78 is 0. The van der Waals surface area contributed by atoms with Crippen LogP contribution < -0.4 is 0 Å². The van der Waals surface area contributed by atoms with Gasteiger partial charge in [-0.25, -0.2) is 0 Å². The summed E-state index contributed by atoms with van der Waals surface area (Å²) in [4.78, 5) is 11.2. The van der Waals surface area contributed by atoms with Crippen molar-refractivity contribution in [3.8, 4) is 0 Å². The van der Waals surface area contributed by atoms with Crippen LogP contribution in [0.4, 0.5) is 0 Å². The average molecular weight is 234 g/mol. The van der Waals surface area contributed by atoms with Gasteiger partial charge in [0.05, 0.1) is 11.5 Å². The van der Waals surface area contributed by atoms with E-state index in [1.165, 1.54) is 5.56 Å². The van der Waals surface area contributed by atoms with E-state index in [2.05, 4.69) is 0 Å². The lowest BCUT2D eigenvalue weighted by molar-refractivity contribution is -0.148. The summed E-state index contributed by atoms with van der Waals surface area (Å²) in [7, 11) is 0. The molecular weight excluding hydrogens is 216 g/mol. The molecular formula is C14H18O3. The zero-order valence-corrected chi connectivity index (χ0v) is 10.4. The van der Waals surface area contributed by atoms with E-state index in [0.717, 1.165) is 16.7 Å². The fraction of sp³-hybridized carbons (Fsp3) is 0.500. The van der Waals surface area contributed by atoms with E-state index in [4.69, 9.17) is 0 Å². The van der Waals surface area contributed by atoms with E-state index >= 15 is 0 Å². The Morgan fingerprint density at radius 1 is 1.18 bits per heavy atom. The maximum absolute atomic E-state index is 11.2. The van der Waals surface area contributed by atoms with Gasteiger partial charge in [-0.3, -0.25) is 4.79 Å². The van der Waals surface area contributed by atoms with Crippen LogP contribution in [0.15, 0.2) is 12.1 Å². The predicted octanol–water partition coefficient (Wildman–Crippen LogP) is 2.51. The third kappa shape index (κ3) is 1.84. The van der Waals surface area contributed by atoms with Gasteiger partial charge in [-0.1, -0.05) is 12.1 Å². The van der Waals surface area contributed by atoms with Crippen LogP contribution in [0.2, 0.25) is 0 Å². The van der Waals surface area contributed by atoms with Crippen LogP contribution in [0.25, 0.3) is 0 Å². The number of hydrogen-bond acceptors (Lipinski definition) is 2. The summed E-state index contributed by atoms with van der Waals surface area (Å²) in [5.74, 6) is -0.886. The first kappa shape index (κ1) is 12.1. The summed E-state index contributed by atoms with van der Waals surface area (Å²) >= 11 is 0. The molecule has 1 atom stereocenters. The van der Waals surface area contributed by atoms with Crippen LogP contribution in [0.3, 0.4) is 0 Å². The predicted molar refractivity (Wildman–Crippen MR) is 64.9 cm³/mol. The molecule has 0 bridgehead atoms. The minimum Gasteiger partial charge on any atom is -0.481 e. The normalized spacial score (nSPS) is 18.8. The van der Waals surface area contributed by atoms with Crippen molar-refractivity contribution in [2.45, 2.75) is 39.7 Å². The third-order valence-electron chi connectivity index (χ3n) is 3.91. The Morgan fingerprint density at radius 3 is 2.18 bits per heavy atom. The number of benzene rings is 1. The molecule has 0 heterocycles. The van der Waals surface area contributed by atoms with Crippen molar-refractivity contribution in [1.29, 1.82) is 0 Å². The number of aryl methyl sites for hydroxylation is 3. The van der Waals surface area contributed by atoms with Crippen LogP contribution >= 0.6 is 0 Å². The second-order valence-electron chi connectivity index (χ2n) is 5.16. The number of carbonyl (C=O) groups is 1. The summed E-state index contributed by atoms with van der Waals surface area (Å²) in [6, 6.07) is 3.92. The van der Waals surface area contributed by atoms with Crippen LogP contribution in [-0.4, -0.2) is 16.2 Å². The Bertz CT molecular complexity index is 473. The molecule has 1 saturated carbocycles. The second-order valence-corrected chi connectivity index (χ2v) is 5.16. The second kappa shape index (κ2) is 3.84. The molecule has 0 aromatic heterocycles. The molecule has 1 aliphatic carbocycles. The van der Waals surface area contributed by atoms with E-state index in [1.54, 1.807) is 0 Å². The largest absolute Gasteiger partial charge is 0.481 e. The fourth-order valence-corrected chi connectivity index (χ4v) is 2.31. The van der Waals surface area contributed by atoms with E-state index in [0.29, 0.717) is 12.8 Å². The molecule has 0 amide bonds. The lowest BCUT2D eigenvalue weighted by Crippen LogP contribution is -2.24. The zero-order valence-electron chi connectivity index (χ0n) is 10.4. The Kier molecular flexibility index (Phi) is 2.74. The Hall–Kier alpha value is -1.35. The number of aliphatic hydroxyl groups excluding tert-OH is 1. The smallest absolute Gasteiger partial charge is 0.312 e. The Morgan fingerprint density at radius 2 is 1.71 bits per heavy atom. The average Bonchev–Trinajstić information content (AvgIpc) is 3.03. The highest BCUT2D eigenvalue weighted by molar-refractivity contribution is 5.79. The van der Waals surface area contributed by atoms with Crippen molar-refractivity contribution in [2.75, 3.05) is 0 Å². The SMILES string of the molecule is Cc1cc(C)c(C(O)C2(C(=O)O)CC2)cc1C. The molecule has 0 radical (unpaired) electrons. The summed E-state index contributed by atoms with van der Waals surface area (Å²) in [6.07, 6.45) is 0.241. The van der Waals surface area contributed by atoms with Crippen molar-refractivity contribution in [1.82, 2.24) is 0 Å². The summed E-state index contributed by atoms with van der Waals surface area (Å²) in [5.41, 5.74) is 3.04. The van der Waals surface area contributed by atoms with Gasteiger partial charge in [-0.15, -0.1) is 0 Å². The topological polar surface area (TPSA) is 57.5 Å². The van der Waals surface area contributed by atoms with Gasteiger partial charge < -0.3 is 10.2 Å². The molecule has 17 heavy (non-hydrogen) atoms. The summed E-state index contributed by atoms with van der Waals surface area (Å²) in [5, 5.41) is 19.5. The Balaban J connectivity index is 2.41. The highest BCUT2D eigenvalue weighted by Gasteiger charge is 2.56. The molecule has 2 rings (SSSR count). The molecule has 0 spiro atoms. The highest BCUT2D eigenvalue weighted by atomic mass is 16.4. The van der Waals surface area contributed by atoms with Crippen LogP contribution in [0.5, 0.6) is 0 Å². The van der Waals surface area contributed by atoms with Gasteiger partial charge in [-0.2, -0.15) is 0 Å². The first-order valence-corrected chi connectivity index (χ1v) is 5.88. The number of hydrogen-bond donors (Lipinski definition) is 2. The molecule has 92 valence electrons. The fourth-order valence-electron chi connectivity index (χ4n) is 2.31. The van der Waals surface area contributed by atoms with Crippen LogP contribution in [0, 0.1) is 26.2 Å². The lowest BCUT2D eigenvalue weighted by atomic mass is 9.88. The van der Waals surface area contributed by atoms with Crippen molar-refractivity contribution in [3.63, 3.8) is 0 Å². The zero-order chi connectivity index (χ0) is 12.8. The third-order valence-corrected chi connectivity index (χ3v) is 3.91. The van der Waals surface area contributed by atoms with Gasteiger partial charge in [0.2, 0.25) is 0 Å². The lowest BCUT2D eigenvalue weighted by Gasteiger charge is -2.21. The quantitative estimate of drug-likeness (QED) is 0.844. The molecule has 1 aromatic carbocycles. The van der Waals surface area contributed by atoms with Crippen molar-refractivity contribution in [2.24, 2.45) is 5.41 Å². The maximum atomic E-state index is 11.2. The minimum atomic E-state index is -0.938. The van der Waals surface area contributed by atoms with E-state index in [9.17, 15) is 15.0 Å². The monoisotopic (exact) mass is 234 g/mol. The minimum absolute atomic E-state index is 0.565. The molecule has 3 heteroatoms. The van der Waals surface area contributed by atoms with Gasteiger partial charge in [0.1, 0.15) is 0 Å². The summed E-state index contributed by atoms with van der Waals surface area (Å²) in [6.45, 7) is 5.91. The van der Waals surface area contributed by atoms with Crippen LogP contribution in [-0.2, 0) is 4.79 Å². The van der Waals surface area contributed by atoms with E-state index in [-0.39, 0.29) is 0 Å². The first-order valence-electron chi connectivity index (χ1n) is 5.88. The number of aliphatic hydroxyl groups is 1. The van der Waals surface area contributed by atoms with Gasteiger partial charge in [0.25, 0.3) is 0 Å². The molecule has 1 fully saturated rings. The van der Waals surface area contributed by atoms with E-state index < -0.39 is 17.5 Å². The van der Waals surface area contributed by atoms with Crippen molar-refractivity contribution >= 4 is 5.97 Å². The van der Waals surface area contributed by atoms with Gasteiger partial charge >= 0.3 is 5.97 Å². The molecule has 0 aliphatic heterocycles.